The van der Waals surface area contributed by atoms with Crippen LogP contribution in [0.1, 0.15) is 11.1 Å². The van der Waals surface area contributed by atoms with Gasteiger partial charge in [-0.1, -0.05) is 47.5 Å². The van der Waals surface area contributed by atoms with Gasteiger partial charge in [-0.2, -0.15) is 0 Å². The molecule has 1 atom stereocenters. The fourth-order valence-electron chi connectivity index (χ4n) is 2.35. The quantitative estimate of drug-likeness (QED) is 0.817. The van der Waals surface area contributed by atoms with E-state index in [1.807, 2.05) is 30.5 Å². The molecule has 128 valence electrons. The molecular weight excluding hydrogens is 361 g/mol. The Kier molecular flexibility index (Phi) is 5.68. The Balaban J connectivity index is 1.49. The zero-order valence-corrected chi connectivity index (χ0v) is 14.7. The molecule has 2 aromatic rings. The maximum Gasteiger partial charge on any atom is 0.411 e. The van der Waals surface area contributed by atoms with E-state index in [-0.39, 0.29) is 12.6 Å². The molecular formula is C18H15Cl2N3O2. The first-order valence-corrected chi connectivity index (χ1v) is 8.37. The molecule has 0 aliphatic carbocycles. The molecule has 2 aromatic carbocycles. The third-order valence-corrected chi connectivity index (χ3v) is 3.97. The van der Waals surface area contributed by atoms with Crippen molar-refractivity contribution in [1.82, 2.24) is 0 Å². The van der Waals surface area contributed by atoms with Gasteiger partial charge >= 0.3 is 6.09 Å². The Morgan fingerprint density at radius 3 is 2.40 bits per heavy atom. The first-order valence-electron chi connectivity index (χ1n) is 7.61. The monoisotopic (exact) mass is 375 g/mol. The van der Waals surface area contributed by atoms with Gasteiger partial charge in [0.15, 0.2) is 0 Å². The van der Waals surface area contributed by atoms with Crippen molar-refractivity contribution >= 4 is 47.5 Å². The van der Waals surface area contributed by atoms with E-state index in [0.29, 0.717) is 15.7 Å². The second kappa shape index (κ2) is 8.14. The number of hydrogen-bond acceptors (Lipinski definition) is 4. The van der Waals surface area contributed by atoms with Crippen molar-refractivity contribution in [2.45, 2.75) is 19.1 Å². The van der Waals surface area contributed by atoms with Crippen molar-refractivity contribution in [2.75, 3.05) is 5.32 Å². The van der Waals surface area contributed by atoms with Crippen LogP contribution in [-0.2, 0) is 17.8 Å². The predicted molar refractivity (Wildman–Crippen MR) is 101 cm³/mol. The lowest BCUT2D eigenvalue weighted by Crippen LogP contribution is -2.13. The molecule has 1 amide bonds. The summed E-state index contributed by atoms with van der Waals surface area (Å²) in [4.78, 5) is 20.1. The molecule has 0 aromatic heterocycles. The summed E-state index contributed by atoms with van der Waals surface area (Å²) in [6.07, 6.45) is 3.62. The second-order valence-electron chi connectivity index (χ2n) is 5.51. The average molecular weight is 376 g/mol. The zero-order chi connectivity index (χ0) is 17.6. The van der Waals surface area contributed by atoms with Gasteiger partial charge in [-0.25, -0.2) is 9.79 Å². The number of ether oxygens (including phenoxy) is 1. The van der Waals surface area contributed by atoms with Gasteiger partial charge in [-0.15, -0.1) is 0 Å². The molecule has 1 aliphatic heterocycles. The average Bonchev–Trinajstić information content (AvgIpc) is 3.06. The van der Waals surface area contributed by atoms with E-state index in [1.165, 1.54) is 0 Å². The van der Waals surface area contributed by atoms with Crippen LogP contribution in [0.3, 0.4) is 0 Å². The summed E-state index contributed by atoms with van der Waals surface area (Å²) in [6.45, 7) is 0.170. The van der Waals surface area contributed by atoms with Gasteiger partial charge in [-0.3, -0.25) is 10.3 Å². The second-order valence-corrected chi connectivity index (χ2v) is 6.38. The maximum atomic E-state index is 11.9. The number of aliphatic imine (C=N–C) groups is 2. The molecule has 1 N–H and O–H groups in total. The summed E-state index contributed by atoms with van der Waals surface area (Å²) >= 11 is 11.8. The third kappa shape index (κ3) is 5.31. The molecule has 0 radical (unpaired) electrons. The highest BCUT2D eigenvalue weighted by Gasteiger charge is 2.08. The number of nitrogens with one attached hydrogen (secondary N) is 1. The van der Waals surface area contributed by atoms with Crippen LogP contribution in [0.25, 0.3) is 0 Å². The van der Waals surface area contributed by atoms with E-state index < -0.39 is 6.09 Å². The van der Waals surface area contributed by atoms with Crippen LogP contribution in [0.15, 0.2) is 52.4 Å². The molecule has 0 spiro atoms. The van der Waals surface area contributed by atoms with Gasteiger partial charge in [-0.05, 0) is 35.7 Å². The van der Waals surface area contributed by atoms with Crippen molar-refractivity contribution in [1.29, 1.82) is 0 Å². The van der Waals surface area contributed by atoms with Gasteiger partial charge in [0.1, 0.15) is 12.9 Å². The first-order chi connectivity index (χ1) is 12.1. The summed E-state index contributed by atoms with van der Waals surface area (Å²) in [7, 11) is 0. The van der Waals surface area contributed by atoms with Crippen molar-refractivity contribution in [3.8, 4) is 0 Å². The van der Waals surface area contributed by atoms with Crippen LogP contribution < -0.4 is 5.32 Å². The SMILES string of the molecule is O=C(Nc1cc(Cl)cc(Cl)c1)OCc1ccc(CC2C=NC=N2)cc1. The van der Waals surface area contributed by atoms with Crippen LogP contribution in [0.2, 0.25) is 10.0 Å². The topological polar surface area (TPSA) is 63.0 Å². The minimum absolute atomic E-state index is 0.109. The van der Waals surface area contributed by atoms with E-state index >= 15 is 0 Å². The minimum atomic E-state index is -0.570. The van der Waals surface area contributed by atoms with Crippen LogP contribution in [0, 0.1) is 0 Å². The summed E-state index contributed by atoms with van der Waals surface area (Å²) in [5.41, 5.74) is 2.53. The summed E-state index contributed by atoms with van der Waals surface area (Å²) in [5, 5.41) is 3.47. The number of anilines is 1. The molecule has 1 unspecified atom stereocenters. The van der Waals surface area contributed by atoms with E-state index in [2.05, 4.69) is 15.3 Å². The Labute approximate surface area is 155 Å². The Morgan fingerprint density at radius 2 is 1.76 bits per heavy atom. The number of nitrogens with zero attached hydrogens (tertiary/aromatic N) is 2. The fourth-order valence-corrected chi connectivity index (χ4v) is 2.87. The Bertz CT molecular complexity index is 787. The molecule has 7 heteroatoms. The zero-order valence-electron chi connectivity index (χ0n) is 13.2. The van der Waals surface area contributed by atoms with Crippen molar-refractivity contribution in [2.24, 2.45) is 9.98 Å². The first kappa shape index (κ1) is 17.5. The van der Waals surface area contributed by atoms with Crippen LogP contribution in [0.4, 0.5) is 10.5 Å². The van der Waals surface area contributed by atoms with E-state index in [4.69, 9.17) is 27.9 Å². The molecule has 1 aliphatic rings. The summed E-state index contributed by atoms with van der Waals surface area (Å²) in [6, 6.07) is 12.7. The van der Waals surface area contributed by atoms with E-state index in [9.17, 15) is 4.79 Å². The molecule has 1 heterocycles. The standard InChI is InChI=1S/C18H15Cl2N3O2/c19-14-6-15(20)8-16(7-14)23-18(24)25-10-13-3-1-12(2-4-13)5-17-9-21-11-22-17/h1-4,6-9,11,17H,5,10H2,(H,23,24). The molecule has 0 saturated carbocycles. The van der Waals surface area contributed by atoms with Crippen molar-refractivity contribution in [3.05, 3.63) is 63.6 Å². The van der Waals surface area contributed by atoms with Gasteiger partial charge in [0, 0.05) is 21.9 Å². The number of hydrogen-bond donors (Lipinski definition) is 1. The molecule has 5 nitrogen and oxygen atoms in total. The predicted octanol–water partition coefficient (Wildman–Crippen LogP) is 4.77. The lowest BCUT2D eigenvalue weighted by atomic mass is 10.1. The molecule has 0 bridgehead atoms. The Hall–Kier alpha value is -2.37. The number of carbonyl (C=O) groups excluding carboxylic acids is 1. The highest BCUT2D eigenvalue weighted by molar-refractivity contribution is 6.35. The van der Waals surface area contributed by atoms with Crippen LogP contribution in [0.5, 0.6) is 0 Å². The molecule has 0 saturated heterocycles. The van der Waals surface area contributed by atoms with Gasteiger partial charge in [0.2, 0.25) is 0 Å². The van der Waals surface area contributed by atoms with Gasteiger partial charge in [0.25, 0.3) is 0 Å². The molecule has 25 heavy (non-hydrogen) atoms. The normalized spacial score (nSPS) is 15.4. The molecule has 3 rings (SSSR count). The number of amides is 1. The lowest BCUT2D eigenvalue weighted by molar-refractivity contribution is 0.155. The minimum Gasteiger partial charge on any atom is -0.444 e. The highest BCUT2D eigenvalue weighted by Crippen LogP contribution is 2.22. The fraction of sp³-hybridized carbons (Fsp3) is 0.167. The van der Waals surface area contributed by atoms with Gasteiger partial charge < -0.3 is 4.74 Å². The number of rotatable bonds is 5. The third-order valence-electron chi connectivity index (χ3n) is 3.53. The van der Waals surface area contributed by atoms with Gasteiger partial charge in [0.05, 0.1) is 6.04 Å². The lowest BCUT2D eigenvalue weighted by Gasteiger charge is -2.09. The van der Waals surface area contributed by atoms with Crippen molar-refractivity contribution < 1.29 is 9.53 Å². The summed E-state index contributed by atoms with van der Waals surface area (Å²) in [5.74, 6) is 0. The number of carbonyl (C=O) groups is 1. The van der Waals surface area contributed by atoms with E-state index in [1.54, 1.807) is 24.5 Å². The molecule has 0 fully saturated rings. The van der Waals surface area contributed by atoms with Crippen molar-refractivity contribution in [3.63, 3.8) is 0 Å². The maximum absolute atomic E-state index is 11.9. The number of benzene rings is 2. The summed E-state index contributed by atoms with van der Waals surface area (Å²) < 4.78 is 5.20. The highest BCUT2D eigenvalue weighted by atomic mass is 35.5. The van der Waals surface area contributed by atoms with E-state index in [0.717, 1.165) is 17.5 Å². The van der Waals surface area contributed by atoms with Crippen LogP contribution >= 0.6 is 23.2 Å². The number of halogens is 2. The smallest absolute Gasteiger partial charge is 0.411 e. The van der Waals surface area contributed by atoms with Crippen LogP contribution in [-0.4, -0.2) is 24.7 Å². The largest absolute Gasteiger partial charge is 0.444 e. The Morgan fingerprint density at radius 1 is 1.08 bits per heavy atom.